The molecule has 2 aromatic rings. The van der Waals surface area contributed by atoms with Crippen LogP contribution in [0.2, 0.25) is 0 Å². The maximum atomic E-state index is 13.1. The zero-order chi connectivity index (χ0) is 12.3. The summed E-state index contributed by atoms with van der Waals surface area (Å²) in [5, 5.41) is 3.05. The van der Waals surface area contributed by atoms with E-state index in [-0.39, 0.29) is 0 Å². The summed E-state index contributed by atoms with van der Waals surface area (Å²) in [6.07, 6.45) is 0. The molecular formula is C13H12F2N2. The van der Waals surface area contributed by atoms with Crippen molar-refractivity contribution in [2.24, 2.45) is 0 Å². The van der Waals surface area contributed by atoms with Gasteiger partial charge in [0.25, 0.3) is 0 Å². The third kappa shape index (κ3) is 2.78. The number of halogens is 2. The van der Waals surface area contributed by atoms with E-state index in [0.29, 0.717) is 17.1 Å². The summed E-state index contributed by atoms with van der Waals surface area (Å²) in [4.78, 5) is 4.27. The second kappa shape index (κ2) is 4.91. The fraction of sp³-hybridized carbons (Fsp3) is 0.154. The Balaban J connectivity index is 2.41. The molecule has 1 N–H and O–H groups in total. The predicted octanol–water partition coefficient (Wildman–Crippen LogP) is 3.46. The van der Waals surface area contributed by atoms with Gasteiger partial charge in [0, 0.05) is 18.2 Å². The molecule has 0 unspecified atom stereocenters. The Morgan fingerprint density at radius 1 is 1.12 bits per heavy atom. The fourth-order valence-corrected chi connectivity index (χ4v) is 1.58. The van der Waals surface area contributed by atoms with Crippen LogP contribution in [0.4, 0.5) is 14.6 Å². The Hall–Kier alpha value is -1.97. The molecule has 1 aromatic carbocycles. The highest BCUT2D eigenvalue weighted by Gasteiger charge is 2.05. The van der Waals surface area contributed by atoms with Gasteiger partial charge >= 0.3 is 0 Å². The SMILES string of the molecule is CCNc1cccc(-c2cc(F)cc(F)c2)n1. The van der Waals surface area contributed by atoms with Crippen molar-refractivity contribution in [2.75, 3.05) is 11.9 Å². The van der Waals surface area contributed by atoms with Crippen molar-refractivity contribution in [1.29, 1.82) is 0 Å². The molecule has 0 atom stereocenters. The summed E-state index contributed by atoms with van der Waals surface area (Å²) >= 11 is 0. The molecule has 0 amide bonds. The average Bonchev–Trinajstić information content (AvgIpc) is 2.28. The first kappa shape index (κ1) is 11.5. The van der Waals surface area contributed by atoms with Gasteiger partial charge in [0.1, 0.15) is 17.5 Å². The van der Waals surface area contributed by atoms with E-state index >= 15 is 0 Å². The number of nitrogens with one attached hydrogen (secondary N) is 1. The van der Waals surface area contributed by atoms with Crippen molar-refractivity contribution in [2.45, 2.75) is 6.92 Å². The van der Waals surface area contributed by atoms with Crippen molar-refractivity contribution in [1.82, 2.24) is 4.98 Å². The molecule has 88 valence electrons. The van der Waals surface area contributed by atoms with Gasteiger partial charge in [-0.3, -0.25) is 0 Å². The van der Waals surface area contributed by atoms with Gasteiger partial charge in [-0.25, -0.2) is 13.8 Å². The number of nitrogens with zero attached hydrogens (tertiary/aromatic N) is 1. The van der Waals surface area contributed by atoms with Crippen molar-refractivity contribution in [3.05, 3.63) is 48.0 Å². The lowest BCUT2D eigenvalue weighted by Crippen LogP contribution is -1.99. The molecule has 1 heterocycles. The van der Waals surface area contributed by atoms with Crippen LogP contribution in [0.5, 0.6) is 0 Å². The molecule has 0 saturated carbocycles. The number of aromatic nitrogens is 1. The second-order valence-electron chi connectivity index (χ2n) is 3.60. The van der Waals surface area contributed by atoms with Crippen LogP contribution in [0, 0.1) is 11.6 Å². The van der Waals surface area contributed by atoms with E-state index in [1.807, 2.05) is 13.0 Å². The number of benzene rings is 1. The van der Waals surface area contributed by atoms with Crippen LogP contribution in [0.3, 0.4) is 0 Å². The van der Waals surface area contributed by atoms with E-state index in [0.717, 1.165) is 12.6 Å². The molecule has 1 aromatic heterocycles. The van der Waals surface area contributed by atoms with E-state index in [2.05, 4.69) is 10.3 Å². The van der Waals surface area contributed by atoms with E-state index < -0.39 is 11.6 Å². The largest absolute Gasteiger partial charge is 0.370 e. The molecule has 2 rings (SSSR count). The van der Waals surface area contributed by atoms with Gasteiger partial charge < -0.3 is 5.32 Å². The van der Waals surface area contributed by atoms with Crippen LogP contribution in [-0.2, 0) is 0 Å². The quantitative estimate of drug-likeness (QED) is 0.879. The van der Waals surface area contributed by atoms with Gasteiger partial charge in [-0.1, -0.05) is 6.07 Å². The molecule has 0 radical (unpaired) electrons. The zero-order valence-electron chi connectivity index (χ0n) is 9.37. The summed E-state index contributed by atoms with van der Waals surface area (Å²) in [5.74, 6) is -0.513. The van der Waals surface area contributed by atoms with Crippen molar-refractivity contribution < 1.29 is 8.78 Å². The van der Waals surface area contributed by atoms with Crippen LogP contribution >= 0.6 is 0 Å². The first-order valence-corrected chi connectivity index (χ1v) is 5.36. The molecule has 0 saturated heterocycles. The highest BCUT2D eigenvalue weighted by molar-refractivity contribution is 5.61. The number of hydrogen-bond acceptors (Lipinski definition) is 2. The Morgan fingerprint density at radius 2 is 1.82 bits per heavy atom. The molecule has 4 heteroatoms. The molecule has 0 aliphatic heterocycles. The standard InChI is InChI=1S/C13H12F2N2/c1-2-16-13-5-3-4-12(17-13)9-6-10(14)8-11(15)7-9/h3-8H,2H2,1H3,(H,16,17). The van der Waals surface area contributed by atoms with Crippen molar-refractivity contribution in [3.8, 4) is 11.3 Å². The lowest BCUT2D eigenvalue weighted by molar-refractivity contribution is 0.584. The van der Waals surface area contributed by atoms with Crippen molar-refractivity contribution in [3.63, 3.8) is 0 Å². The molecule has 0 aliphatic carbocycles. The van der Waals surface area contributed by atoms with E-state index in [1.165, 1.54) is 12.1 Å². The fourth-order valence-electron chi connectivity index (χ4n) is 1.58. The first-order valence-electron chi connectivity index (χ1n) is 5.36. The van der Waals surface area contributed by atoms with Gasteiger partial charge in [-0.15, -0.1) is 0 Å². The Morgan fingerprint density at radius 3 is 2.47 bits per heavy atom. The molecule has 0 fully saturated rings. The van der Waals surface area contributed by atoms with Gasteiger partial charge in [-0.2, -0.15) is 0 Å². The zero-order valence-corrected chi connectivity index (χ0v) is 9.37. The highest BCUT2D eigenvalue weighted by Crippen LogP contribution is 2.21. The lowest BCUT2D eigenvalue weighted by Gasteiger charge is -2.05. The van der Waals surface area contributed by atoms with Crippen LogP contribution < -0.4 is 5.32 Å². The van der Waals surface area contributed by atoms with E-state index in [4.69, 9.17) is 0 Å². The summed E-state index contributed by atoms with van der Waals surface area (Å²) in [5.41, 5.74) is 0.976. The van der Waals surface area contributed by atoms with Crippen LogP contribution in [0.1, 0.15) is 6.92 Å². The molecule has 0 spiro atoms. The van der Waals surface area contributed by atoms with Crippen LogP contribution in [-0.4, -0.2) is 11.5 Å². The topological polar surface area (TPSA) is 24.9 Å². The molecule has 0 bridgehead atoms. The van der Waals surface area contributed by atoms with Gasteiger partial charge in [0.05, 0.1) is 5.69 Å². The third-order valence-electron chi connectivity index (χ3n) is 2.27. The van der Waals surface area contributed by atoms with Crippen molar-refractivity contribution >= 4 is 5.82 Å². The number of anilines is 1. The normalized spacial score (nSPS) is 10.3. The minimum atomic E-state index is -0.601. The maximum Gasteiger partial charge on any atom is 0.126 e. The minimum Gasteiger partial charge on any atom is -0.370 e. The number of rotatable bonds is 3. The van der Waals surface area contributed by atoms with Crippen LogP contribution in [0.25, 0.3) is 11.3 Å². The smallest absolute Gasteiger partial charge is 0.126 e. The second-order valence-corrected chi connectivity index (χ2v) is 3.60. The van der Waals surface area contributed by atoms with Gasteiger partial charge in [0.15, 0.2) is 0 Å². The maximum absolute atomic E-state index is 13.1. The van der Waals surface area contributed by atoms with Gasteiger partial charge in [0.2, 0.25) is 0 Å². The summed E-state index contributed by atoms with van der Waals surface area (Å²) in [7, 11) is 0. The molecule has 0 aliphatic rings. The first-order chi connectivity index (χ1) is 8.19. The average molecular weight is 234 g/mol. The molecule has 17 heavy (non-hydrogen) atoms. The van der Waals surface area contributed by atoms with E-state index in [9.17, 15) is 8.78 Å². The third-order valence-corrected chi connectivity index (χ3v) is 2.27. The summed E-state index contributed by atoms with van der Waals surface area (Å²) in [6, 6.07) is 8.70. The summed E-state index contributed by atoms with van der Waals surface area (Å²) < 4.78 is 26.2. The van der Waals surface area contributed by atoms with E-state index in [1.54, 1.807) is 12.1 Å². The summed E-state index contributed by atoms with van der Waals surface area (Å²) in [6.45, 7) is 2.70. The van der Waals surface area contributed by atoms with Crippen LogP contribution in [0.15, 0.2) is 36.4 Å². The lowest BCUT2D eigenvalue weighted by atomic mass is 10.1. The van der Waals surface area contributed by atoms with Gasteiger partial charge in [-0.05, 0) is 31.2 Å². The number of hydrogen-bond donors (Lipinski definition) is 1. The highest BCUT2D eigenvalue weighted by atomic mass is 19.1. The predicted molar refractivity (Wildman–Crippen MR) is 63.8 cm³/mol. The number of pyridine rings is 1. The monoisotopic (exact) mass is 234 g/mol. The minimum absolute atomic E-state index is 0.433. The Kier molecular flexibility index (Phi) is 3.32. The molecular weight excluding hydrogens is 222 g/mol. The Bertz CT molecular complexity index is 506. The Labute approximate surface area is 98.3 Å². The molecule has 2 nitrogen and oxygen atoms in total.